The van der Waals surface area contributed by atoms with E-state index < -0.39 is 0 Å². The number of nitrogens with one attached hydrogen (secondary N) is 1. The minimum atomic E-state index is -0.0526. The van der Waals surface area contributed by atoms with E-state index in [1.165, 1.54) is 12.8 Å². The van der Waals surface area contributed by atoms with E-state index in [1.807, 2.05) is 47.0 Å². The molecule has 2 aromatic carbocycles. The van der Waals surface area contributed by atoms with Crippen LogP contribution < -0.4 is 9.98 Å². The molecule has 1 unspecified atom stereocenters. The molecule has 6 rings (SSSR count). The lowest BCUT2D eigenvalue weighted by atomic mass is 9.75. The topological polar surface area (TPSA) is 47.0 Å². The third-order valence-corrected chi connectivity index (χ3v) is 6.82. The second-order valence-electron chi connectivity index (χ2n) is 8.29. The molecular weight excluding hydrogens is 373 g/mol. The lowest BCUT2D eigenvalue weighted by molar-refractivity contribution is -0.841. The summed E-state index contributed by atoms with van der Waals surface area (Å²) in [6.45, 7) is 3.82. The van der Waals surface area contributed by atoms with Crippen LogP contribution in [0.3, 0.4) is 0 Å². The Balaban J connectivity index is 1.52. The van der Waals surface area contributed by atoms with Crippen LogP contribution >= 0.6 is 11.9 Å². The highest BCUT2D eigenvalue weighted by Crippen LogP contribution is 2.37. The number of imidazole rings is 1. The van der Waals surface area contributed by atoms with Gasteiger partial charge in [0.1, 0.15) is 17.6 Å². The summed E-state index contributed by atoms with van der Waals surface area (Å²) in [7, 11) is 6.51. The molecule has 28 heavy (non-hydrogen) atoms. The number of hydrogen-bond acceptors (Lipinski definition) is 2. The first-order valence-corrected chi connectivity index (χ1v) is 10.1. The van der Waals surface area contributed by atoms with Gasteiger partial charge < -0.3 is 13.7 Å². The maximum atomic E-state index is 12.8. The summed E-state index contributed by atoms with van der Waals surface area (Å²) in [6.07, 6.45) is 2.33. The molecule has 0 saturated carbocycles. The number of nitrogens with zero attached hydrogens (tertiary/aromatic N) is 2. The summed E-state index contributed by atoms with van der Waals surface area (Å²) in [5.41, 5.74) is 3.75. The molecule has 3 aliphatic heterocycles. The van der Waals surface area contributed by atoms with E-state index in [-0.39, 0.29) is 5.69 Å². The molecule has 3 fully saturated rings. The molecule has 1 N–H and O–H groups in total. The van der Waals surface area contributed by atoms with Gasteiger partial charge in [-0.3, -0.25) is 4.57 Å². The van der Waals surface area contributed by atoms with Crippen LogP contribution in [0, 0.1) is 11.8 Å². The van der Waals surface area contributed by atoms with E-state index in [0.717, 1.165) is 48.3 Å². The van der Waals surface area contributed by atoms with Crippen LogP contribution in [0.1, 0.15) is 12.8 Å². The number of fused-ring (bicyclic) bond motifs is 4. The van der Waals surface area contributed by atoms with Gasteiger partial charge in [0.15, 0.2) is 0 Å². The molecule has 7 heteroatoms. The molecule has 0 amide bonds. The van der Waals surface area contributed by atoms with Gasteiger partial charge in [-0.15, -0.1) is 0 Å². The van der Waals surface area contributed by atoms with Gasteiger partial charge in [0.2, 0.25) is 0 Å². The monoisotopic (exact) mass is 394 g/mol. The zero-order valence-corrected chi connectivity index (χ0v) is 16.4. The van der Waals surface area contributed by atoms with Gasteiger partial charge in [-0.25, -0.2) is 4.79 Å². The summed E-state index contributed by atoms with van der Waals surface area (Å²) in [4.78, 5) is 15.9. The second kappa shape index (κ2) is 6.71. The van der Waals surface area contributed by atoms with Crippen LogP contribution in [0.2, 0.25) is 0 Å². The summed E-state index contributed by atoms with van der Waals surface area (Å²) in [6, 6.07) is 13.5. The van der Waals surface area contributed by atoms with Crippen LogP contribution in [0.15, 0.2) is 47.3 Å². The van der Waals surface area contributed by atoms with Crippen molar-refractivity contribution in [2.24, 2.45) is 11.8 Å². The molecule has 1 aromatic heterocycles. The van der Waals surface area contributed by atoms with Gasteiger partial charge in [-0.05, 0) is 42.5 Å². The van der Waals surface area contributed by atoms with Crippen molar-refractivity contribution in [3.63, 3.8) is 0 Å². The Bertz CT molecular complexity index is 1070. The molecule has 0 spiro atoms. The van der Waals surface area contributed by atoms with E-state index >= 15 is 0 Å². The van der Waals surface area contributed by atoms with Crippen molar-refractivity contribution in [1.29, 1.82) is 0 Å². The van der Waals surface area contributed by atoms with Crippen molar-refractivity contribution in [3.8, 4) is 16.9 Å². The first-order valence-electron chi connectivity index (χ1n) is 9.81. The maximum Gasteiger partial charge on any atom is 0.481 e. The number of rotatable bonds is 4. The second-order valence-corrected chi connectivity index (χ2v) is 8.44. The van der Waals surface area contributed by atoms with Crippen molar-refractivity contribution < 1.29 is 8.68 Å². The summed E-state index contributed by atoms with van der Waals surface area (Å²) < 4.78 is 7.29. The summed E-state index contributed by atoms with van der Waals surface area (Å²) >= 11 is 5.41. The van der Waals surface area contributed by atoms with Crippen LogP contribution in [0.25, 0.3) is 22.2 Å². The number of quaternary nitrogens is 1. The normalized spacial score (nSPS) is 26.6. The highest BCUT2D eigenvalue weighted by Gasteiger charge is 2.43. The third-order valence-electron chi connectivity index (χ3n) is 6.64. The van der Waals surface area contributed by atoms with Gasteiger partial charge in [0.05, 0.1) is 30.7 Å². The standard InChI is InChI=1S/C21H22BClN3O2/c22-26-10-8-14(9-11-26)16(13-26)12-25-19-3-1-2-18(20(19)24-21(25)27)15-4-6-17(28-23)7-5-15/h1-7,14,16H,8-13H2,(H,24,27)/q+1. The van der Waals surface area contributed by atoms with Crippen molar-refractivity contribution in [2.45, 2.75) is 19.4 Å². The molecule has 4 heterocycles. The molecule has 5 nitrogen and oxygen atoms in total. The van der Waals surface area contributed by atoms with Crippen molar-refractivity contribution in [1.82, 2.24) is 9.55 Å². The predicted molar refractivity (Wildman–Crippen MR) is 111 cm³/mol. The number of aromatic nitrogens is 2. The average molecular weight is 395 g/mol. The Kier molecular flexibility index (Phi) is 4.29. The minimum absolute atomic E-state index is 0.0526. The average Bonchev–Trinajstić information content (AvgIpc) is 3.03. The molecule has 2 radical (unpaired) electrons. The molecule has 1 atom stereocenters. The van der Waals surface area contributed by atoms with E-state index in [0.29, 0.717) is 22.0 Å². The molecule has 142 valence electrons. The van der Waals surface area contributed by atoms with E-state index in [9.17, 15) is 4.79 Å². The first-order chi connectivity index (χ1) is 13.6. The maximum absolute atomic E-state index is 12.8. The molecule has 3 saturated heterocycles. The Hall–Kier alpha value is -2.18. The molecular formula is C21H22BClN3O2+. The number of benzene rings is 2. The highest BCUT2D eigenvalue weighted by molar-refractivity contribution is 6.09. The number of para-hydroxylation sites is 1. The summed E-state index contributed by atoms with van der Waals surface area (Å²) in [5.74, 6) is 1.71. The minimum Gasteiger partial charge on any atom is -0.396 e. The van der Waals surface area contributed by atoms with Crippen molar-refractivity contribution >= 4 is 30.9 Å². The Morgan fingerprint density at radius 2 is 1.93 bits per heavy atom. The predicted octanol–water partition coefficient (Wildman–Crippen LogP) is 3.47. The first kappa shape index (κ1) is 17.9. The molecule has 2 bridgehead atoms. The van der Waals surface area contributed by atoms with Gasteiger partial charge >= 0.3 is 13.7 Å². The molecule has 0 aliphatic carbocycles. The number of aromatic amines is 1. The van der Waals surface area contributed by atoms with Crippen LogP contribution in [0.4, 0.5) is 0 Å². The highest BCUT2D eigenvalue weighted by atomic mass is 35.5. The SMILES string of the molecule is [B][N+]12CCC(CC1)C(Cn1c(=O)[nH]c3c(-c4ccc(OCl)cc4)cccc31)C2. The Morgan fingerprint density at radius 1 is 1.18 bits per heavy atom. The van der Waals surface area contributed by atoms with Crippen LogP contribution in [-0.4, -0.2) is 41.6 Å². The lowest BCUT2D eigenvalue weighted by Crippen LogP contribution is -2.61. The van der Waals surface area contributed by atoms with Crippen molar-refractivity contribution in [2.75, 3.05) is 19.6 Å². The Morgan fingerprint density at radius 3 is 2.61 bits per heavy atom. The Labute approximate surface area is 170 Å². The van der Waals surface area contributed by atoms with Crippen LogP contribution in [0.5, 0.6) is 5.75 Å². The molecule has 3 aromatic rings. The van der Waals surface area contributed by atoms with Gasteiger partial charge in [-0.2, -0.15) is 0 Å². The number of hydrogen-bond donors (Lipinski definition) is 1. The van der Waals surface area contributed by atoms with Gasteiger partial charge in [-0.1, -0.05) is 24.3 Å². The molecule has 3 aliphatic rings. The van der Waals surface area contributed by atoms with Crippen LogP contribution in [-0.2, 0) is 6.54 Å². The largest absolute Gasteiger partial charge is 0.481 e. The van der Waals surface area contributed by atoms with E-state index in [2.05, 4.69) is 4.98 Å². The third kappa shape index (κ3) is 2.95. The fraction of sp³-hybridized carbons (Fsp3) is 0.381. The smallest absolute Gasteiger partial charge is 0.396 e. The van der Waals surface area contributed by atoms with Gasteiger partial charge in [0, 0.05) is 18.0 Å². The number of halogens is 1. The zero-order chi connectivity index (χ0) is 19.3. The quantitative estimate of drug-likeness (QED) is 0.689. The zero-order valence-electron chi connectivity index (χ0n) is 15.6. The van der Waals surface area contributed by atoms with E-state index in [1.54, 1.807) is 0 Å². The number of H-pyrrole nitrogens is 1. The summed E-state index contributed by atoms with van der Waals surface area (Å²) in [5, 5.41) is 0. The fourth-order valence-electron chi connectivity index (χ4n) is 5.10. The lowest BCUT2D eigenvalue weighted by Gasteiger charge is -2.51. The van der Waals surface area contributed by atoms with E-state index in [4.69, 9.17) is 24.1 Å². The van der Waals surface area contributed by atoms with Crippen molar-refractivity contribution in [3.05, 3.63) is 52.9 Å². The van der Waals surface area contributed by atoms with Gasteiger partial charge in [0.25, 0.3) is 0 Å². The number of piperidine rings is 3. The fourth-order valence-corrected chi connectivity index (χ4v) is 5.20.